The first-order valence-electron chi connectivity index (χ1n) is 4.71. The average Bonchev–Trinajstić information content (AvgIpc) is 2.51. The average molecular weight is 277 g/mol. The van der Waals surface area contributed by atoms with Gasteiger partial charge in [-0.25, -0.2) is 0 Å². The van der Waals surface area contributed by atoms with Crippen molar-refractivity contribution >= 4 is 32.3 Å². The van der Waals surface area contributed by atoms with Gasteiger partial charge in [0.15, 0.2) is 0 Å². The Hall–Kier alpha value is -0.0600. The summed E-state index contributed by atoms with van der Waals surface area (Å²) in [7, 11) is 0. The van der Waals surface area contributed by atoms with Crippen molar-refractivity contribution in [2.24, 2.45) is 11.1 Å². The Morgan fingerprint density at radius 3 is 2.79 bits per heavy atom. The van der Waals surface area contributed by atoms with E-state index in [2.05, 4.69) is 46.5 Å². The van der Waals surface area contributed by atoms with Crippen LogP contribution < -0.4 is 11.1 Å². The fraction of sp³-hybridized carbons (Fsp3) is 0.600. The maximum absolute atomic E-state index is 5.66. The van der Waals surface area contributed by atoms with E-state index >= 15 is 0 Å². The van der Waals surface area contributed by atoms with Crippen LogP contribution in [0.4, 0.5) is 5.00 Å². The standard InChI is InChI=1S/C10H17BrN2S/c1-10(2,7-12)3-4-13-9-5-8(11)6-14-9/h5-6,13H,3-4,7,12H2,1-2H3. The van der Waals surface area contributed by atoms with Crippen LogP contribution in [0.2, 0.25) is 0 Å². The summed E-state index contributed by atoms with van der Waals surface area (Å²) in [6, 6.07) is 2.10. The second kappa shape index (κ2) is 5.14. The molecule has 0 atom stereocenters. The highest BCUT2D eigenvalue weighted by Crippen LogP contribution is 2.25. The molecular weight excluding hydrogens is 260 g/mol. The molecule has 80 valence electrons. The van der Waals surface area contributed by atoms with Gasteiger partial charge in [0.1, 0.15) is 0 Å². The van der Waals surface area contributed by atoms with Gasteiger partial charge < -0.3 is 11.1 Å². The lowest BCUT2D eigenvalue weighted by Gasteiger charge is -2.22. The molecule has 0 spiro atoms. The zero-order valence-corrected chi connectivity index (χ0v) is 11.0. The van der Waals surface area contributed by atoms with E-state index in [1.807, 2.05) is 0 Å². The van der Waals surface area contributed by atoms with Gasteiger partial charge in [0, 0.05) is 16.4 Å². The van der Waals surface area contributed by atoms with Crippen molar-refractivity contribution in [3.63, 3.8) is 0 Å². The van der Waals surface area contributed by atoms with Gasteiger partial charge in [0.2, 0.25) is 0 Å². The largest absolute Gasteiger partial charge is 0.377 e. The number of hydrogen-bond acceptors (Lipinski definition) is 3. The molecule has 0 aliphatic rings. The van der Waals surface area contributed by atoms with Gasteiger partial charge >= 0.3 is 0 Å². The van der Waals surface area contributed by atoms with E-state index in [4.69, 9.17) is 5.73 Å². The highest BCUT2D eigenvalue weighted by Gasteiger charge is 2.14. The molecule has 0 saturated carbocycles. The van der Waals surface area contributed by atoms with E-state index in [0.29, 0.717) is 0 Å². The summed E-state index contributed by atoms with van der Waals surface area (Å²) >= 11 is 5.15. The summed E-state index contributed by atoms with van der Waals surface area (Å²) in [6.45, 7) is 6.11. The topological polar surface area (TPSA) is 38.0 Å². The Morgan fingerprint density at radius 2 is 2.29 bits per heavy atom. The Balaban J connectivity index is 2.28. The van der Waals surface area contributed by atoms with Gasteiger partial charge in [-0.1, -0.05) is 13.8 Å². The van der Waals surface area contributed by atoms with Crippen LogP contribution in [0.1, 0.15) is 20.3 Å². The zero-order chi connectivity index (χ0) is 10.6. The number of nitrogens with one attached hydrogen (secondary N) is 1. The molecule has 14 heavy (non-hydrogen) atoms. The van der Waals surface area contributed by atoms with Crippen molar-refractivity contribution in [1.29, 1.82) is 0 Å². The Morgan fingerprint density at radius 1 is 1.57 bits per heavy atom. The maximum atomic E-state index is 5.66. The molecule has 0 fully saturated rings. The van der Waals surface area contributed by atoms with Crippen LogP contribution in [0, 0.1) is 5.41 Å². The molecule has 0 aliphatic carbocycles. The van der Waals surface area contributed by atoms with E-state index < -0.39 is 0 Å². The minimum atomic E-state index is 0.238. The SMILES string of the molecule is CC(C)(CN)CCNc1cc(Br)cs1. The summed E-state index contributed by atoms with van der Waals surface area (Å²) in [5, 5.41) is 6.68. The quantitative estimate of drug-likeness (QED) is 0.866. The molecule has 1 aromatic heterocycles. The fourth-order valence-electron chi connectivity index (χ4n) is 1.03. The van der Waals surface area contributed by atoms with Gasteiger partial charge in [-0.05, 0) is 40.4 Å². The molecule has 0 radical (unpaired) electrons. The lowest BCUT2D eigenvalue weighted by molar-refractivity contribution is 0.358. The number of rotatable bonds is 5. The molecule has 3 N–H and O–H groups in total. The molecular formula is C10H17BrN2S. The smallest absolute Gasteiger partial charge is 0.0894 e. The van der Waals surface area contributed by atoms with Gasteiger partial charge in [0.25, 0.3) is 0 Å². The molecule has 0 bridgehead atoms. The van der Waals surface area contributed by atoms with Crippen LogP contribution in [0.25, 0.3) is 0 Å². The maximum Gasteiger partial charge on any atom is 0.0894 e. The lowest BCUT2D eigenvalue weighted by atomic mass is 9.90. The molecule has 0 aliphatic heterocycles. The van der Waals surface area contributed by atoms with E-state index in [1.54, 1.807) is 11.3 Å². The molecule has 2 nitrogen and oxygen atoms in total. The van der Waals surface area contributed by atoms with E-state index in [0.717, 1.165) is 24.0 Å². The summed E-state index contributed by atoms with van der Waals surface area (Å²) in [5.41, 5.74) is 5.89. The monoisotopic (exact) mass is 276 g/mol. The summed E-state index contributed by atoms with van der Waals surface area (Å²) in [6.07, 6.45) is 1.10. The van der Waals surface area contributed by atoms with Crippen molar-refractivity contribution in [2.75, 3.05) is 18.4 Å². The predicted octanol–water partition coefficient (Wildman–Crippen LogP) is 3.30. The molecule has 4 heteroatoms. The Kier molecular flexibility index (Phi) is 4.41. The van der Waals surface area contributed by atoms with Crippen molar-refractivity contribution in [2.45, 2.75) is 20.3 Å². The molecule has 1 aromatic rings. The van der Waals surface area contributed by atoms with Crippen molar-refractivity contribution in [3.8, 4) is 0 Å². The van der Waals surface area contributed by atoms with Crippen LogP contribution >= 0.6 is 27.3 Å². The van der Waals surface area contributed by atoms with Crippen molar-refractivity contribution < 1.29 is 0 Å². The van der Waals surface area contributed by atoms with Crippen molar-refractivity contribution in [1.82, 2.24) is 0 Å². The Bertz CT molecular complexity index is 283. The summed E-state index contributed by atoms with van der Waals surface area (Å²) < 4.78 is 1.14. The molecule has 0 unspecified atom stereocenters. The first-order chi connectivity index (χ1) is 6.53. The molecule has 0 saturated heterocycles. The number of nitrogens with two attached hydrogens (primary N) is 1. The van der Waals surface area contributed by atoms with Crippen LogP contribution in [0.3, 0.4) is 0 Å². The molecule has 0 amide bonds. The first-order valence-corrected chi connectivity index (χ1v) is 6.39. The minimum Gasteiger partial charge on any atom is -0.377 e. The third-order valence-corrected chi connectivity index (χ3v) is 3.87. The van der Waals surface area contributed by atoms with Crippen LogP contribution in [0.5, 0.6) is 0 Å². The Labute approximate surface area is 98.0 Å². The van der Waals surface area contributed by atoms with E-state index in [1.165, 1.54) is 5.00 Å². The third kappa shape index (κ3) is 3.98. The number of anilines is 1. The van der Waals surface area contributed by atoms with Crippen LogP contribution in [-0.4, -0.2) is 13.1 Å². The van der Waals surface area contributed by atoms with E-state index in [9.17, 15) is 0 Å². The second-order valence-electron chi connectivity index (χ2n) is 4.17. The van der Waals surface area contributed by atoms with Gasteiger partial charge in [0.05, 0.1) is 5.00 Å². The summed E-state index contributed by atoms with van der Waals surface area (Å²) in [5.74, 6) is 0. The number of thiophene rings is 1. The highest BCUT2D eigenvalue weighted by atomic mass is 79.9. The molecule has 1 rings (SSSR count). The lowest BCUT2D eigenvalue weighted by Crippen LogP contribution is -2.26. The highest BCUT2D eigenvalue weighted by molar-refractivity contribution is 9.10. The van der Waals surface area contributed by atoms with E-state index in [-0.39, 0.29) is 5.41 Å². The van der Waals surface area contributed by atoms with Gasteiger partial charge in [-0.3, -0.25) is 0 Å². The minimum absolute atomic E-state index is 0.238. The number of halogens is 1. The fourth-order valence-corrected chi connectivity index (χ4v) is 2.38. The molecule has 1 heterocycles. The first kappa shape index (κ1) is 12.0. The normalized spacial score (nSPS) is 11.7. The van der Waals surface area contributed by atoms with Gasteiger partial charge in [-0.15, -0.1) is 11.3 Å². The van der Waals surface area contributed by atoms with Crippen LogP contribution in [0.15, 0.2) is 15.9 Å². The summed E-state index contributed by atoms with van der Waals surface area (Å²) in [4.78, 5) is 0. The molecule has 0 aromatic carbocycles. The second-order valence-corrected chi connectivity index (χ2v) is 6.00. The van der Waals surface area contributed by atoms with Gasteiger partial charge in [-0.2, -0.15) is 0 Å². The van der Waals surface area contributed by atoms with Crippen LogP contribution in [-0.2, 0) is 0 Å². The third-order valence-electron chi connectivity index (χ3n) is 2.22. The van der Waals surface area contributed by atoms with Crippen molar-refractivity contribution in [3.05, 3.63) is 15.9 Å². The predicted molar refractivity (Wildman–Crippen MR) is 68.0 cm³/mol. The zero-order valence-electron chi connectivity index (χ0n) is 8.64. The number of hydrogen-bond donors (Lipinski definition) is 2.